The number of halogens is 1. The summed E-state index contributed by atoms with van der Waals surface area (Å²) in [6.07, 6.45) is 1.46. The van der Waals surface area contributed by atoms with Crippen LogP contribution in [-0.2, 0) is 4.79 Å². The summed E-state index contributed by atoms with van der Waals surface area (Å²) in [5.74, 6) is 0.684. The smallest absolute Gasteiger partial charge is 0.344 e. The van der Waals surface area contributed by atoms with E-state index in [0.717, 1.165) is 11.1 Å². The van der Waals surface area contributed by atoms with Crippen LogP contribution in [0.5, 0.6) is 17.2 Å². The number of hydrogen-bond donors (Lipinski definition) is 1. The number of hydrogen-bond acceptors (Lipinski definition) is 6. The lowest BCUT2D eigenvalue weighted by atomic mass is 10.0. The SMILES string of the molecule is COc1cc(C=NNC(=O)COc2cc(C)ccc2C(C)C)ccc1OC(=O)c1ccccc1Br. The molecule has 0 aliphatic rings. The fourth-order valence-electron chi connectivity index (χ4n) is 3.23. The van der Waals surface area contributed by atoms with Crippen molar-refractivity contribution in [2.24, 2.45) is 5.10 Å². The van der Waals surface area contributed by atoms with E-state index in [0.29, 0.717) is 27.1 Å². The number of amides is 1. The van der Waals surface area contributed by atoms with Crippen molar-refractivity contribution in [3.63, 3.8) is 0 Å². The lowest BCUT2D eigenvalue weighted by Crippen LogP contribution is -2.25. The molecule has 0 fully saturated rings. The molecule has 0 unspecified atom stereocenters. The van der Waals surface area contributed by atoms with Crippen LogP contribution in [0.15, 0.2) is 70.2 Å². The molecule has 0 aromatic heterocycles. The van der Waals surface area contributed by atoms with Gasteiger partial charge in [0.2, 0.25) is 0 Å². The van der Waals surface area contributed by atoms with Crippen LogP contribution in [0.1, 0.15) is 46.8 Å². The minimum atomic E-state index is -0.515. The Labute approximate surface area is 213 Å². The van der Waals surface area contributed by atoms with Gasteiger partial charge in [-0.15, -0.1) is 0 Å². The maximum Gasteiger partial charge on any atom is 0.344 e. The number of rotatable bonds is 9. The highest BCUT2D eigenvalue weighted by atomic mass is 79.9. The predicted octanol–water partition coefficient (Wildman–Crippen LogP) is 5.64. The van der Waals surface area contributed by atoms with Crippen LogP contribution in [0.4, 0.5) is 0 Å². The van der Waals surface area contributed by atoms with Crippen LogP contribution in [0.25, 0.3) is 0 Å². The lowest BCUT2D eigenvalue weighted by molar-refractivity contribution is -0.123. The van der Waals surface area contributed by atoms with E-state index in [-0.39, 0.29) is 24.2 Å². The molecular weight excluding hydrogens is 512 g/mol. The van der Waals surface area contributed by atoms with Crippen LogP contribution in [0.3, 0.4) is 0 Å². The van der Waals surface area contributed by atoms with E-state index in [1.807, 2.05) is 31.2 Å². The van der Waals surface area contributed by atoms with E-state index in [1.165, 1.54) is 13.3 Å². The van der Waals surface area contributed by atoms with Crippen LogP contribution in [0, 0.1) is 6.92 Å². The van der Waals surface area contributed by atoms with Gasteiger partial charge in [-0.1, -0.05) is 38.1 Å². The van der Waals surface area contributed by atoms with Gasteiger partial charge in [0.1, 0.15) is 5.75 Å². The summed E-state index contributed by atoms with van der Waals surface area (Å²) in [7, 11) is 1.47. The van der Waals surface area contributed by atoms with Crippen molar-refractivity contribution in [1.82, 2.24) is 5.43 Å². The quantitative estimate of drug-likeness (QED) is 0.165. The highest BCUT2D eigenvalue weighted by Crippen LogP contribution is 2.29. The Bertz CT molecular complexity index is 1240. The van der Waals surface area contributed by atoms with Crippen molar-refractivity contribution in [3.8, 4) is 17.2 Å². The van der Waals surface area contributed by atoms with Crippen LogP contribution in [-0.4, -0.2) is 31.8 Å². The Hall–Kier alpha value is -3.65. The fraction of sp³-hybridized carbons (Fsp3) is 0.222. The maximum absolute atomic E-state index is 12.5. The topological polar surface area (TPSA) is 86.2 Å². The third-order valence-electron chi connectivity index (χ3n) is 5.04. The van der Waals surface area contributed by atoms with E-state index in [1.54, 1.807) is 36.4 Å². The summed E-state index contributed by atoms with van der Waals surface area (Å²) in [5, 5.41) is 3.98. The molecule has 0 bridgehead atoms. The number of esters is 1. The van der Waals surface area contributed by atoms with Gasteiger partial charge >= 0.3 is 5.97 Å². The lowest BCUT2D eigenvalue weighted by Gasteiger charge is -2.14. The molecule has 3 aromatic rings. The third-order valence-corrected chi connectivity index (χ3v) is 5.73. The van der Waals surface area contributed by atoms with Gasteiger partial charge in [0.05, 0.1) is 18.9 Å². The first kappa shape index (κ1) is 26.0. The van der Waals surface area contributed by atoms with E-state index in [9.17, 15) is 9.59 Å². The molecule has 3 rings (SSSR count). The molecule has 0 aliphatic carbocycles. The molecule has 0 heterocycles. The molecule has 1 amide bonds. The Morgan fingerprint density at radius 2 is 1.80 bits per heavy atom. The van der Waals surface area contributed by atoms with Gasteiger partial charge in [0, 0.05) is 4.47 Å². The van der Waals surface area contributed by atoms with Gasteiger partial charge < -0.3 is 14.2 Å². The van der Waals surface area contributed by atoms with Crippen LogP contribution in [0.2, 0.25) is 0 Å². The number of aryl methyl sites for hydroxylation is 1. The zero-order chi connectivity index (χ0) is 25.4. The van der Waals surface area contributed by atoms with Crippen molar-refractivity contribution >= 4 is 34.0 Å². The second-order valence-electron chi connectivity index (χ2n) is 8.06. The number of nitrogens with one attached hydrogen (secondary N) is 1. The average Bonchev–Trinajstić information content (AvgIpc) is 2.83. The summed E-state index contributed by atoms with van der Waals surface area (Å²) < 4.78 is 17.2. The molecule has 0 saturated heterocycles. The second kappa shape index (κ2) is 12.2. The van der Waals surface area contributed by atoms with Gasteiger partial charge in [0.25, 0.3) is 5.91 Å². The molecule has 8 heteroatoms. The highest BCUT2D eigenvalue weighted by Gasteiger charge is 2.15. The van der Waals surface area contributed by atoms with E-state index < -0.39 is 5.97 Å². The summed E-state index contributed by atoms with van der Waals surface area (Å²) in [4.78, 5) is 24.7. The van der Waals surface area contributed by atoms with E-state index in [2.05, 4.69) is 40.3 Å². The van der Waals surface area contributed by atoms with Crippen molar-refractivity contribution in [2.75, 3.05) is 13.7 Å². The molecule has 0 saturated carbocycles. The number of nitrogens with zero attached hydrogens (tertiary/aromatic N) is 1. The number of ether oxygens (including phenoxy) is 3. The van der Waals surface area contributed by atoms with Gasteiger partial charge in [0.15, 0.2) is 18.1 Å². The molecule has 0 radical (unpaired) electrons. The van der Waals surface area contributed by atoms with Gasteiger partial charge in [-0.25, -0.2) is 10.2 Å². The Morgan fingerprint density at radius 1 is 1.03 bits per heavy atom. The zero-order valence-electron chi connectivity index (χ0n) is 20.0. The summed E-state index contributed by atoms with van der Waals surface area (Å²) in [5.41, 5.74) is 5.59. The molecule has 7 nitrogen and oxygen atoms in total. The molecule has 182 valence electrons. The van der Waals surface area contributed by atoms with Crippen molar-refractivity contribution in [3.05, 3.63) is 87.4 Å². The summed E-state index contributed by atoms with van der Waals surface area (Å²) >= 11 is 3.34. The van der Waals surface area contributed by atoms with Crippen molar-refractivity contribution in [2.45, 2.75) is 26.7 Å². The molecule has 3 aromatic carbocycles. The zero-order valence-corrected chi connectivity index (χ0v) is 21.6. The largest absolute Gasteiger partial charge is 0.493 e. The number of carbonyl (C=O) groups is 2. The van der Waals surface area contributed by atoms with Gasteiger partial charge in [-0.2, -0.15) is 5.10 Å². The number of hydrazone groups is 1. The van der Waals surface area contributed by atoms with Crippen LogP contribution < -0.4 is 19.6 Å². The molecule has 0 atom stereocenters. The number of methoxy groups -OCH3 is 1. The Morgan fingerprint density at radius 3 is 2.51 bits per heavy atom. The summed E-state index contributed by atoms with van der Waals surface area (Å²) in [6.45, 7) is 5.96. The first-order chi connectivity index (χ1) is 16.8. The Balaban J connectivity index is 1.59. The van der Waals surface area contributed by atoms with Gasteiger partial charge in [-0.3, -0.25) is 4.79 Å². The molecule has 35 heavy (non-hydrogen) atoms. The fourth-order valence-corrected chi connectivity index (χ4v) is 3.67. The van der Waals surface area contributed by atoms with Gasteiger partial charge in [-0.05, 0) is 81.9 Å². The maximum atomic E-state index is 12.5. The summed E-state index contributed by atoms with van der Waals surface area (Å²) in [6, 6.07) is 17.9. The molecular formula is C27H27BrN2O5. The monoisotopic (exact) mass is 538 g/mol. The highest BCUT2D eigenvalue weighted by molar-refractivity contribution is 9.10. The van der Waals surface area contributed by atoms with E-state index >= 15 is 0 Å². The van der Waals surface area contributed by atoms with Crippen LogP contribution >= 0.6 is 15.9 Å². The van der Waals surface area contributed by atoms with Crippen molar-refractivity contribution in [1.29, 1.82) is 0 Å². The average molecular weight is 539 g/mol. The molecule has 1 N–H and O–H groups in total. The minimum Gasteiger partial charge on any atom is -0.493 e. The number of carbonyl (C=O) groups excluding carboxylic acids is 2. The Kier molecular flexibility index (Phi) is 9.03. The second-order valence-corrected chi connectivity index (χ2v) is 8.91. The molecule has 0 spiro atoms. The third kappa shape index (κ3) is 7.16. The normalized spacial score (nSPS) is 10.9. The standard InChI is InChI=1S/C27H27BrN2O5/c1-17(2)20-11-9-18(3)13-24(20)34-16-26(31)30-29-15-19-10-12-23(25(14-19)33-4)35-27(32)21-7-5-6-8-22(21)28/h5-15,17H,16H2,1-4H3,(H,30,31). The minimum absolute atomic E-state index is 0.159. The number of benzene rings is 3. The molecule has 0 aliphatic heterocycles. The van der Waals surface area contributed by atoms with E-state index in [4.69, 9.17) is 14.2 Å². The first-order valence-corrected chi connectivity index (χ1v) is 11.8. The van der Waals surface area contributed by atoms with Crippen molar-refractivity contribution < 1.29 is 23.8 Å². The first-order valence-electron chi connectivity index (χ1n) is 11.0. The predicted molar refractivity (Wildman–Crippen MR) is 139 cm³/mol.